The summed E-state index contributed by atoms with van der Waals surface area (Å²) in [6.07, 6.45) is 3.29. The summed E-state index contributed by atoms with van der Waals surface area (Å²) in [6.45, 7) is 0. The number of carbonyl (C=O) groups excluding carboxylic acids is 1. The Morgan fingerprint density at radius 3 is 2.79 bits per heavy atom. The zero-order valence-electron chi connectivity index (χ0n) is 9.84. The Balaban J connectivity index is 1.91. The molecule has 0 spiro atoms. The van der Waals surface area contributed by atoms with E-state index in [-0.39, 0.29) is 11.7 Å². The maximum absolute atomic E-state index is 11.8. The van der Waals surface area contributed by atoms with E-state index in [0.717, 1.165) is 4.47 Å². The minimum absolute atomic E-state index is 0.122. The fourth-order valence-electron chi connectivity index (χ4n) is 1.31. The Morgan fingerprint density at radius 1 is 1.37 bits per heavy atom. The molecule has 0 aliphatic heterocycles. The molecule has 0 saturated heterocycles. The van der Waals surface area contributed by atoms with Gasteiger partial charge in [-0.05, 0) is 40.2 Å². The van der Waals surface area contributed by atoms with Gasteiger partial charge in [-0.3, -0.25) is 4.79 Å². The second kappa shape index (κ2) is 6.53. The van der Waals surface area contributed by atoms with Gasteiger partial charge in [0.25, 0.3) is 0 Å². The van der Waals surface area contributed by atoms with E-state index in [1.807, 2.05) is 0 Å². The molecule has 19 heavy (non-hydrogen) atoms. The highest BCUT2D eigenvalue weighted by Gasteiger charge is 2.07. The molecule has 1 amide bonds. The largest absolute Gasteiger partial charge is 0.399 e. The summed E-state index contributed by atoms with van der Waals surface area (Å²) >= 11 is 4.63. The number of nitrogen functional groups attached to an aromatic ring is 1. The Bertz CT molecular complexity index is 579. The first-order valence-corrected chi connectivity index (χ1v) is 7.18. The molecule has 2 rings (SSSR count). The third-order valence-corrected chi connectivity index (χ3v) is 3.67. The molecule has 98 valence electrons. The van der Waals surface area contributed by atoms with Crippen molar-refractivity contribution < 1.29 is 4.79 Å². The average Bonchev–Trinajstić information content (AvgIpc) is 2.41. The van der Waals surface area contributed by atoms with Gasteiger partial charge < -0.3 is 11.1 Å². The maximum atomic E-state index is 11.8. The van der Waals surface area contributed by atoms with Crippen LogP contribution in [-0.4, -0.2) is 21.6 Å². The molecule has 0 saturated carbocycles. The standard InChI is InChI=1S/C12H11BrN4OS/c13-9-6-8(14)2-3-10(9)17-11(18)7-19-12-15-4-1-5-16-12/h1-6H,7,14H2,(H,17,18). The predicted molar refractivity (Wildman–Crippen MR) is 79.9 cm³/mol. The number of rotatable bonds is 4. The molecule has 0 unspecified atom stereocenters. The fourth-order valence-corrected chi connectivity index (χ4v) is 2.41. The molecule has 0 radical (unpaired) electrons. The monoisotopic (exact) mass is 338 g/mol. The number of thioether (sulfide) groups is 1. The first-order chi connectivity index (χ1) is 9.15. The van der Waals surface area contributed by atoms with Crippen LogP contribution in [0.1, 0.15) is 0 Å². The summed E-state index contributed by atoms with van der Waals surface area (Å²) in [6, 6.07) is 6.95. The normalized spacial score (nSPS) is 10.2. The topological polar surface area (TPSA) is 80.9 Å². The number of hydrogen-bond acceptors (Lipinski definition) is 5. The van der Waals surface area contributed by atoms with E-state index in [4.69, 9.17) is 5.73 Å². The van der Waals surface area contributed by atoms with E-state index in [1.54, 1.807) is 36.7 Å². The molecule has 0 fully saturated rings. The van der Waals surface area contributed by atoms with E-state index in [1.165, 1.54) is 11.8 Å². The van der Waals surface area contributed by atoms with Crippen LogP contribution in [0, 0.1) is 0 Å². The Kier molecular flexibility index (Phi) is 4.75. The van der Waals surface area contributed by atoms with Gasteiger partial charge in [0.05, 0.1) is 11.4 Å². The molecule has 7 heteroatoms. The van der Waals surface area contributed by atoms with Crippen molar-refractivity contribution in [1.82, 2.24) is 9.97 Å². The van der Waals surface area contributed by atoms with Crippen molar-refractivity contribution in [3.63, 3.8) is 0 Å². The van der Waals surface area contributed by atoms with E-state index in [9.17, 15) is 4.79 Å². The van der Waals surface area contributed by atoms with Gasteiger partial charge in [0.1, 0.15) is 0 Å². The molecule has 0 atom stereocenters. The van der Waals surface area contributed by atoms with Crippen molar-refractivity contribution in [3.8, 4) is 0 Å². The Morgan fingerprint density at radius 2 is 2.11 bits per heavy atom. The summed E-state index contributed by atoms with van der Waals surface area (Å²) in [4.78, 5) is 19.8. The van der Waals surface area contributed by atoms with Crippen LogP contribution >= 0.6 is 27.7 Å². The number of aromatic nitrogens is 2. The summed E-state index contributed by atoms with van der Waals surface area (Å²) < 4.78 is 0.752. The van der Waals surface area contributed by atoms with Crippen LogP contribution in [0.15, 0.2) is 46.3 Å². The van der Waals surface area contributed by atoms with Crippen LogP contribution in [0.5, 0.6) is 0 Å². The average molecular weight is 339 g/mol. The number of halogens is 1. The number of hydrogen-bond donors (Lipinski definition) is 2. The number of anilines is 2. The van der Waals surface area contributed by atoms with Crippen LogP contribution in [-0.2, 0) is 4.79 Å². The van der Waals surface area contributed by atoms with Gasteiger partial charge in [-0.2, -0.15) is 0 Å². The fraction of sp³-hybridized carbons (Fsp3) is 0.0833. The molecule has 2 aromatic rings. The quantitative estimate of drug-likeness (QED) is 0.508. The molecule has 3 N–H and O–H groups in total. The molecule has 1 aromatic carbocycles. The van der Waals surface area contributed by atoms with E-state index < -0.39 is 0 Å². The van der Waals surface area contributed by atoms with Crippen molar-refractivity contribution in [3.05, 3.63) is 41.1 Å². The lowest BCUT2D eigenvalue weighted by atomic mass is 10.3. The van der Waals surface area contributed by atoms with Crippen LogP contribution in [0.2, 0.25) is 0 Å². The van der Waals surface area contributed by atoms with E-state index in [2.05, 4.69) is 31.2 Å². The molecule has 1 heterocycles. The Hall–Kier alpha value is -1.60. The molecule has 5 nitrogen and oxygen atoms in total. The number of nitrogens with zero attached hydrogens (tertiary/aromatic N) is 2. The first-order valence-electron chi connectivity index (χ1n) is 5.40. The van der Waals surface area contributed by atoms with Gasteiger partial charge in [0.15, 0.2) is 5.16 Å². The van der Waals surface area contributed by atoms with Crippen molar-refractivity contribution in [1.29, 1.82) is 0 Å². The van der Waals surface area contributed by atoms with Crippen molar-refractivity contribution >= 4 is 45.0 Å². The summed E-state index contributed by atoms with van der Waals surface area (Å²) in [5.74, 6) is 0.129. The van der Waals surface area contributed by atoms with Gasteiger partial charge in [-0.15, -0.1) is 0 Å². The summed E-state index contributed by atoms with van der Waals surface area (Å²) in [5, 5.41) is 3.37. The second-order valence-corrected chi connectivity index (χ2v) is 5.40. The van der Waals surface area contributed by atoms with Gasteiger partial charge in [-0.25, -0.2) is 9.97 Å². The third-order valence-electron chi connectivity index (χ3n) is 2.14. The lowest BCUT2D eigenvalue weighted by molar-refractivity contribution is -0.113. The smallest absolute Gasteiger partial charge is 0.234 e. The van der Waals surface area contributed by atoms with E-state index in [0.29, 0.717) is 16.5 Å². The van der Waals surface area contributed by atoms with Crippen LogP contribution in [0.4, 0.5) is 11.4 Å². The van der Waals surface area contributed by atoms with Crippen LogP contribution in [0.25, 0.3) is 0 Å². The third kappa shape index (κ3) is 4.22. The number of carbonyl (C=O) groups is 1. The number of benzene rings is 1. The van der Waals surface area contributed by atoms with Crippen LogP contribution < -0.4 is 11.1 Å². The predicted octanol–water partition coefficient (Wildman–Crippen LogP) is 2.55. The highest BCUT2D eigenvalue weighted by Crippen LogP contribution is 2.25. The molecule has 0 bridgehead atoms. The zero-order chi connectivity index (χ0) is 13.7. The molecule has 0 aliphatic carbocycles. The van der Waals surface area contributed by atoms with Crippen molar-refractivity contribution in [2.24, 2.45) is 0 Å². The van der Waals surface area contributed by atoms with Gasteiger partial charge >= 0.3 is 0 Å². The molecular formula is C12H11BrN4OS. The number of nitrogens with two attached hydrogens (primary N) is 1. The molecular weight excluding hydrogens is 328 g/mol. The van der Waals surface area contributed by atoms with E-state index >= 15 is 0 Å². The minimum atomic E-state index is -0.122. The lowest BCUT2D eigenvalue weighted by Gasteiger charge is -2.07. The lowest BCUT2D eigenvalue weighted by Crippen LogP contribution is -2.14. The molecule has 0 aliphatic rings. The SMILES string of the molecule is Nc1ccc(NC(=O)CSc2ncccn2)c(Br)c1. The van der Waals surface area contributed by atoms with Gasteiger partial charge in [-0.1, -0.05) is 11.8 Å². The second-order valence-electron chi connectivity index (χ2n) is 3.61. The maximum Gasteiger partial charge on any atom is 0.234 e. The highest BCUT2D eigenvalue weighted by atomic mass is 79.9. The van der Waals surface area contributed by atoms with Crippen molar-refractivity contribution in [2.45, 2.75) is 5.16 Å². The minimum Gasteiger partial charge on any atom is -0.399 e. The summed E-state index contributed by atoms with van der Waals surface area (Å²) in [5.41, 5.74) is 6.95. The van der Waals surface area contributed by atoms with Gasteiger partial charge in [0, 0.05) is 22.6 Å². The van der Waals surface area contributed by atoms with Crippen LogP contribution in [0.3, 0.4) is 0 Å². The van der Waals surface area contributed by atoms with Gasteiger partial charge in [0.2, 0.25) is 5.91 Å². The highest BCUT2D eigenvalue weighted by molar-refractivity contribution is 9.10. The number of nitrogens with one attached hydrogen (secondary N) is 1. The first kappa shape index (κ1) is 13.8. The van der Waals surface area contributed by atoms with Crippen molar-refractivity contribution in [2.75, 3.05) is 16.8 Å². The molecule has 1 aromatic heterocycles. The Labute approximate surface area is 123 Å². The summed E-state index contributed by atoms with van der Waals surface area (Å²) in [7, 11) is 0. The number of amides is 1. The zero-order valence-corrected chi connectivity index (χ0v) is 12.2.